The van der Waals surface area contributed by atoms with Crippen LogP contribution in [0.25, 0.3) is 0 Å². The molecular weight excluding hydrogens is 294 g/mol. The maximum atomic E-state index is 13.0. The van der Waals surface area contributed by atoms with Crippen molar-refractivity contribution in [2.75, 3.05) is 4.90 Å². The lowest BCUT2D eigenvalue weighted by Crippen LogP contribution is -2.33. The molecule has 0 saturated heterocycles. The zero-order valence-electron chi connectivity index (χ0n) is 13.2. The van der Waals surface area contributed by atoms with Crippen LogP contribution in [0.5, 0.6) is 0 Å². The Morgan fingerprint density at radius 1 is 0.750 bits per heavy atom. The van der Waals surface area contributed by atoms with Gasteiger partial charge in [0.1, 0.15) is 0 Å². The van der Waals surface area contributed by atoms with Crippen LogP contribution in [-0.4, -0.2) is 5.91 Å². The van der Waals surface area contributed by atoms with Crippen molar-refractivity contribution in [1.82, 2.24) is 0 Å². The van der Waals surface area contributed by atoms with E-state index in [0.717, 1.165) is 23.2 Å². The molecule has 3 aromatic rings. The van der Waals surface area contributed by atoms with Gasteiger partial charge in [-0.2, -0.15) is 0 Å². The van der Waals surface area contributed by atoms with Gasteiger partial charge in [0.15, 0.2) is 0 Å². The molecule has 0 radical (unpaired) electrons. The third kappa shape index (κ3) is 1.80. The van der Waals surface area contributed by atoms with Crippen LogP contribution in [-0.2, 0) is 0 Å². The predicted octanol–water partition coefficient (Wildman–Crippen LogP) is 4.92. The van der Waals surface area contributed by atoms with Crippen molar-refractivity contribution in [2.45, 2.75) is 18.4 Å². The van der Waals surface area contributed by atoms with Crippen LogP contribution in [0.3, 0.4) is 0 Å². The van der Waals surface area contributed by atoms with E-state index in [0.29, 0.717) is 5.92 Å². The summed E-state index contributed by atoms with van der Waals surface area (Å²) in [6.45, 7) is 0. The molecule has 0 saturated carbocycles. The molecule has 2 nitrogen and oxygen atoms in total. The van der Waals surface area contributed by atoms with Crippen molar-refractivity contribution in [1.29, 1.82) is 0 Å². The fraction of sp³-hybridized carbons (Fsp3) is 0.136. The maximum absolute atomic E-state index is 13.0. The first-order valence-electron chi connectivity index (χ1n) is 8.41. The van der Waals surface area contributed by atoms with Gasteiger partial charge in [-0.3, -0.25) is 4.79 Å². The summed E-state index contributed by atoms with van der Waals surface area (Å²) >= 11 is 0. The lowest BCUT2D eigenvalue weighted by molar-refractivity contribution is 0.0988. The van der Waals surface area contributed by atoms with Crippen LogP contribution in [0.4, 0.5) is 5.69 Å². The highest BCUT2D eigenvalue weighted by Crippen LogP contribution is 2.51. The highest BCUT2D eigenvalue weighted by Gasteiger charge is 2.43. The average molecular weight is 311 g/mol. The molecule has 0 aliphatic carbocycles. The smallest absolute Gasteiger partial charge is 0.259 e. The number of anilines is 1. The summed E-state index contributed by atoms with van der Waals surface area (Å²) < 4.78 is 0. The second-order valence-electron chi connectivity index (χ2n) is 6.54. The molecule has 116 valence electrons. The van der Waals surface area contributed by atoms with E-state index >= 15 is 0 Å². The zero-order valence-corrected chi connectivity index (χ0v) is 13.2. The summed E-state index contributed by atoms with van der Waals surface area (Å²) in [6, 6.07) is 27.2. The van der Waals surface area contributed by atoms with Crippen molar-refractivity contribution < 1.29 is 4.79 Å². The third-order valence-electron chi connectivity index (χ3n) is 5.31. The second-order valence-corrected chi connectivity index (χ2v) is 6.54. The number of benzene rings is 3. The van der Waals surface area contributed by atoms with Gasteiger partial charge in [0.05, 0.1) is 6.04 Å². The summed E-state index contributed by atoms with van der Waals surface area (Å²) in [4.78, 5) is 15.0. The van der Waals surface area contributed by atoms with E-state index in [1.54, 1.807) is 0 Å². The fourth-order valence-corrected chi connectivity index (χ4v) is 4.26. The van der Waals surface area contributed by atoms with E-state index in [2.05, 4.69) is 54.6 Å². The Labute approximate surface area is 141 Å². The van der Waals surface area contributed by atoms with Gasteiger partial charge in [-0.1, -0.05) is 66.7 Å². The predicted molar refractivity (Wildman–Crippen MR) is 95.3 cm³/mol. The summed E-state index contributed by atoms with van der Waals surface area (Å²) in [5.41, 5.74) is 5.65. The number of carbonyl (C=O) groups excluding carboxylic acids is 1. The van der Waals surface area contributed by atoms with E-state index in [-0.39, 0.29) is 11.9 Å². The number of para-hydroxylation sites is 1. The summed E-state index contributed by atoms with van der Waals surface area (Å²) in [7, 11) is 0. The Hall–Kier alpha value is -2.87. The van der Waals surface area contributed by atoms with E-state index in [4.69, 9.17) is 0 Å². The molecule has 0 fully saturated rings. The summed E-state index contributed by atoms with van der Waals surface area (Å²) in [6.07, 6.45) is 0.934. The third-order valence-corrected chi connectivity index (χ3v) is 5.31. The normalized spacial score (nSPS) is 21.2. The van der Waals surface area contributed by atoms with Crippen LogP contribution in [0, 0.1) is 0 Å². The monoisotopic (exact) mass is 311 g/mol. The second kappa shape index (κ2) is 5.07. The molecule has 0 spiro atoms. The highest BCUT2D eigenvalue weighted by molar-refractivity contribution is 6.11. The Balaban J connectivity index is 1.72. The summed E-state index contributed by atoms with van der Waals surface area (Å²) in [5, 5.41) is 0. The van der Waals surface area contributed by atoms with E-state index < -0.39 is 0 Å². The van der Waals surface area contributed by atoms with E-state index in [9.17, 15) is 4.79 Å². The van der Waals surface area contributed by atoms with Crippen LogP contribution in [0.2, 0.25) is 0 Å². The minimum atomic E-state index is 0.133. The topological polar surface area (TPSA) is 20.3 Å². The van der Waals surface area contributed by atoms with E-state index in [1.165, 1.54) is 11.1 Å². The highest BCUT2D eigenvalue weighted by atomic mass is 16.2. The van der Waals surface area contributed by atoms with Gasteiger partial charge in [-0.15, -0.1) is 0 Å². The Kier molecular flexibility index (Phi) is 2.86. The molecule has 3 aromatic carbocycles. The molecule has 2 heterocycles. The number of hydrogen-bond donors (Lipinski definition) is 0. The van der Waals surface area contributed by atoms with E-state index in [1.807, 2.05) is 29.2 Å². The first-order valence-corrected chi connectivity index (χ1v) is 8.41. The quantitative estimate of drug-likeness (QED) is 0.624. The average Bonchev–Trinajstić information content (AvgIpc) is 2.95. The molecule has 2 aliphatic rings. The molecule has 2 aliphatic heterocycles. The molecule has 2 atom stereocenters. The number of nitrogens with zero attached hydrogens (tertiary/aromatic N) is 1. The molecule has 0 aromatic heterocycles. The van der Waals surface area contributed by atoms with Crippen LogP contribution >= 0.6 is 0 Å². The first-order chi connectivity index (χ1) is 11.8. The zero-order chi connectivity index (χ0) is 16.1. The van der Waals surface area contributed by atoms with Crippen LogP contribution in [0.15, 0.2) is 78.9 Å². The lowest BCUT2D eigenvalue weighted by Gasteiger charge is -2.37. The maximum Gasteiger partial charge on any atom is 0.259 e. The van der Waals surface area contributed by atoms with Crippen LogP contribution in [0.1, 0.15) is 45.4 Å². The first kappa shape index (κ1) is 13.6. The van der Waals surface area contributed by atoms with Crippen molar-refractivity contribution in [3.8, 4) is 0 Å². The van der Waals surface area contributed by atoms with Gasteiger partial charge in [0, 0.05) is 17.2 Å². The lowest BCUT2D eigenvalue weighted by atomic mass is 9.80. The van der Waals surface area contributed by atoms with Crippen LogP contribution < -0.4 is 4.90 Å². The van der Waals surface area contributed by atoms with Gasteiger partial charge >= 0.3 is 0 Å². The van der Waals surface area contributed by atoms with Crippen molar-refractivity contribution in [3.63, 3.8) is 0 Å². The Morgan fingerprint density at radius 2 is 1.42 bits per heavy atom. The largest absolute Gasteiger partial charge is 0.301 e. The number of fused-ring (bicyclic) bond motifs is 5. The standard InChI is InChI=1S/C22H17NO/c24-22-18-12-5-4-10-16(18)21-14-19(15-8-2-1-3-9-15)17-11-6-7-13-20(17)23(21)22/h1-13,19,21H,14H2/t19-,21-/m0/s1. The number of hydrogen-bond acceptors (Lipinski definition) is 1. The fourth-order valence-electron chi connectivity index (χ4n) is 4.26. The molecule has 2 heteroatoms. The Morgan fingerprint density at radius 3 is 2.25 bits per heavy atom. The number of rotatable bonds is 1. The van der Waals surface area contributed by atoms with Gasteiger partial charge < -0.3 is 4.90 Å². The molecule has 0 unspecified atom stereocenters. The molecule has 5 rings (SSSR count). The Bertz CT molecular complexity index is 931. The molecule has 0 bridgehead atoms. The molecule has 24 heavy (non-hydrogen) atoms. The minimum Gasteiger partial charge on any atom is -0.301 e. The number of amides is 1. The molecular formula is C22H17NO. The SMILES string of the molecule is O=C1c2ccccc2[C@@H]2C[C@@H](c3ccccc3)c3ccccc3N12. The molecule has 0 N–H and O–H groups in total. The molecule has 1 amide bonds. The van der Waals surface area contributed by atoms with Gasteiger partial charge in [0.2, 0.25) is 0 Å². The van der Waals surface area contributed by atoms with Gasteiger partial charge in [0.25, 0.3) is 5.91 Å². The van der Waals surface area contributed by atoms with Crippen molar-refractivity contribution >= 4 is 11.6 Å². The van der Waals surface area contributed by atoms with Gasteiger partial charge in [-0.05, 0) is 35.2 Å². The van der Waals surface area contributed by atoms with Crippen molar-refractivity contribution in [2.24, 2.45) is 0 Å². The summed E-state index contributed by atoms with van der Waals surface area (Å²) in [5.74, 6) is 0.456. The minimum absolute atomic E-state index is 0.133. The van der Waals surface area contributed by atoms with Gasteiger partial charge in [-0.25, -0.2) is 0 Å². The van der Waals surface area contributed by atoms with Crippen molar-refractivity contribution in [3.05, 3.63) is 101 Å². The number of carbonyl (C=O) groups is 1.